The number of nitrogens with one attached hydrogen (secondary N) is 1. The van der Waals surface area contributed by atoms with E-state index in [-0.39, 0.29) is 5.70 Å². The quantitative estimate of drug-likeness (QED) is 0.543. The number of ether oxygens (including phenoxy) is 2. The number of nitrogens with zero attached hydrogens (tertiary/aromatic N) is 1. The van der Waals surface area contributed by atoms with E-state index in [1.807, 2.05) is 45.0 Å². The van der Waals surface area contributed by atoms with Crippen LogP contribution in [0, 0.1) is 20.8 Å². The van der Waals surface area contributed by atoms with Crippen molar-refractivity contribution < 1.29 is 19.1 Å². The van der Waals surface area contributed by atoms with Crippen molar-refractivity contribution in [1.82, 2.24) is 0 Å². The molecule has 3 aromatic carbocycles. The molecule has 4 rings (SSSR count). The SMILES string of the molecule is COc1ccc(NC2=C(c3ccc(C)c(C)c3)C(=O)N(c3cc(C)ccc3OC)C2=O)cc1. The van der Waals surface area contributed by atoms with E-state index >= 15 is 0 Å². The van der Waals surface area contributed by atoms with E-state index in [1.165, 1.54) is 12.0 Å². The van der Waals surface area contributed by atoms with Crippen LogP contribution in [0.1, 0.15) is 22.3 Å². The summed E-state index contributed by atoms with van der Waals surface area (Å²) in [7, 11) is 3.11. The molecule has 0 atom stereocenters. The average Bonchev–Trinajstić information content (AvgIpc) is 3.05. The van der Waals surface area contributed by atoms with Gasteiger partial charge in [-0.25, -0.2) is 4.90 Å². The Morgan fingerprint density at radius 1 is 0.758 bits per heavy atom. The molecule has 0 fully saturated rings. The molecule has 0 unspecified atom stereocenters. The zero-order valence-corrected chi connectivity index (χ0v) is 19.4. The first-order chi connectivity index (χ1) is 15.8. The number of carbonyl (C=O) groups is 2. The maximum absolute atomic E-state index is 13.7. The normalized spacial score (nSPS) is 13.5. The second-order valence-electron chi connectivity index (χ2n) is 8.02. The lowest BCUT2D eigenvalue weighted by molar-refractivity contribution is -0.120. The number of rotatable bonds is 6. The Bertz CT molecular complexity index is 1280. The van der Waals surface area contributed by atoms with Crippen molar-refractivity contribution >= 4 is 28.8 Å². The van der Waals surface area contributed by atoms with Crippen LogP contribution in [0.5, 0.6) is 11.5 Å². The van der Waals surface area contributed by atoms with Crippen LogP contribution in [0.25, 0.3) is 5.57 Å². The van der Waals surface area contributed by atoms with E-state index in [0.717, 1.165) is 16.7 Å². The summed E-state index contributed by atoms with van der Waals surface area (Å²) in [6.07, 6.45) is 0. The van der Waals surface area contributed by atoms with Crippen molar-refractivity contribution in [3.8, 4) is 11.5 Å². The summed E-state index contributed by atoms with van der Waals surface area (Å²) >= 11 is 0. The first-order valence-corrected chi connectivity index (χ1v) is 10.6. The van der Waals surface area contributed by atoms with Gasteiger partial charge in [0, 0.05) is 5.69 Å². The fourth-order valence-electron chi connectivity index (χ4n) is 3.82. The number of methoxy groups -OCH3 is 2. The van der Waals surface area contributed by atoms with Crippen LogP contribution in [-0.2, 0) is 9.59 Å². The summed E-state index contributed by atoms with van der Waals surface area (Å²) in [6.45, 7) is 5.90. The van der Waals surface area contributed by atoms with Crippen molar-refractivity contribution in [2.45, 2.75) is 20.8 Å². The molecule has 0 saturated carbocycles. The maximum Gasteiger partial charge on any atom is 0.282 e. The van der Waals surface area contributed by atoms with Gasteiger partial charge in [0.2, 0.25) is 0 Å². The monoisotopic (exact) mass is 442 g/mol. The van der Waals surface area contributed by atoms with E-state index in [2.05, 4.69) is 5.32 Å². The second kappa shape index (κ2) is 8.82. The van der Waals surface area contributed by atoms with Crippen LogP contribution in [0.2, 0.25) is 0 Å². The lowest BCUT2D eigenvalue weighted by Crippen LogP contribution is -2.32. The fourth-order valence-corrected chi connectivity index (χ4v) is 3.82. The van der Waals surface area contributed by atoms with Crippen LogP contribution < -0.4 is 19.7 Å². The molecule has 1 aliphatic rings. The van der Waals surface area contributed by atoms with Crippen molar-refractivity contribution in [3.05, 3.63) is 88.6 Å². The summed E-state index contributed by atoms with van der Waals surface area (Å²) in [6, 6.07) is 18.4. The van der Waals surface area contributed by atoms with Crippen molar-refractivity contribution in [2.24, 2.45) is 0 Å². The van der Waals surface area contributed by atoms with Gasteiger partial charge >= 0.3 is 0 Å². The van der Waals surface area contributed by atoms with Crippen LogP contribution in [0.4, 0.5) is 11.4 Å². The minimum absolute atomic E-state index is 0.219. The lowest BCUT2D eigenvalue weighted by atomic mass is 9.99. The molecule has 3 aromatic rings. The number of amides is 2. The molecular formula is C27H26N2O4. The van der Waals surface area contributed by atoms with E-state index in [9.17, 15) is 9.59 Å². The van der Waals surface area contributed by atoms with Crippen molar-refractivity contribution in [3.63, 3.8) is 0 Å². The fraction of sp³-hybridized carbons (Fsp3) is 0.185. The van der Waals surface area contributed by atoms with Crippen LogP contribution in [-0.4, -0.2) is 26.0 Å². The Morgan fingerprint density at radius 3 is 2.12 bits per heavy atom. The highest BCUT2D eigenvalue weighted by Gasteiger charge is 2.41. The first kappa shape index (κ1) is 22.1. The summed E-state index contributed by atoms with van der Waals surface area (Å²) in [5.74, 6) is 0.312. The van der Waals surface area contributed by atoms with E-state index in [4.69, 9.17) is 9.47 Å². The third-order valence-electron chi connectivity index (χ3n) is 5.81. The topological polar surface area (TPSA) is 67.9 Å². The van der Waals surface area contributed by atoms with Gasteiger partial charge < -0.3 is 14.8 Å². The molecule has 1 aliphatic heterocycles. The zero-order chi connectivity index (χ0) is 23.7. The largest absolute Gasteiger partial charge is 0.497 e. The number of aryl methyl sites for hydroxylation is 3. The van der Waals surface area contributed by atoms with Crippen molar-refractivity contribution in [2.75, 3.05) is 24.4 Å². The van der Waals surface area contributed by atoms with E-state index in [1.54, 1.807) is 43.5 Å². The van der Waals surface area contributed by atoms with Crippen molar-refractivity contribution in [1.29, 1.82) is 0 Å². The molecule has 0 spiro atoms. The van der Waals surface area contributed by atoms with Gasteiger partial charge in [-0.05, 0) is 79.4 Å². The Morgan fingerprint density at radius 2 is 1.48 bits per heavy atom. The summed E-state index contributed by atoms with van der Waals surface area (Å²) in [4.78, 5) is 28.6. The summed E-state index contributed by atoms with van der Waals surface area (Å²) in [5.41, 5.74) is 5.37. The average molecular weight is 443 g/mol. The molecule has 0 aliphatic carbocycles. The standard InChI is InChI=1S/C27H26N2O4/c1-16-6-13-23(33-5)22(14-16)29-26(30)24(19-8-7-17(2)18(3)15-19)25(27(29)31)28-20-9-11-21(32-4)12-10-20/h6-15,28H,1-5H3. The maximum atomic E-state index is 13.7. The summed E-state index contributed by atoms with van der Waals surface area (Å²) in [5, 5.41) is 3.18. The number of hydrogen-bond acceptors (Lipinski definition) is 5. The molecule has 0 saturated heterocycles. The highest BCUT2D eigenvalue weighted by Crippen LogP contribution is 2.38. The lowest BCUT2D eigenvalue weighted by Gasteiger charge is -2.19. The Balaban J connectivity index is 1.85. The van der Waals surface area contributed by atoms with Gasteiger partial charge in [0.25, 0.3) is 11.8 Å². The molecule has 33 heavy (non-hydrogen) atoms. The van der Waals surface area contributed by atoms with Gasteiger partial charge in [-0.3, -0.25) is 9.59 Å². The first-order valence-electron chi connectivity index (χ1n) is 10.6. The molecule has 6 nitrogen and oxygen atoms in total. The number of carbonyl (C=O) groups excluding carboxylic acids is 2. The Kier molecular flexibility index (Phi) is 5.92. The van der Waals surface area contributed by atoms with Gasteiger partial charge in [-0.2, -0.15) is 0 Å². The minimum Gasteiger partial charge on any atom is -0.497 e. The molecule has 168 valence electrons. The third kappa shape index (κ3) is 4.07. The Labute approximate surface area is 193 Å². The number of benzene rings is 3. The molecule has 6 heteroatoms. The molecular weight excluding hydrogens is 416 g/mol. The highest BCUT2D eigenvalue weighted by atomic mass is 16.5. The van der Waals surface area contributed by atoms with Gasteiger partial charge in [-0.1, -0.05) is 24.3 Å². The predicted molar refractivity (Wildman–Crippen MR) is 130 cm³/mol. The number of hydrogen-bond donors (Lipinski definition) is 1. The predicted octanol–water partition coefficient (Wildman–Crippen LogP) is 5.03. The van der Waals surface area contributed by atoms with Gasteiger partial charge in [0.05, 0.1) is 25.5 Å². The van der Waals surface area contributed by atoms with Gasteiger partial charge in [0.15, 0.2) is 0 Å². The molecule has 1 heterocycles. The Hall–Kier alpha value is -4.06. The molecule has 0 bridgehead atoms. The summed E-state index contributed by atoms with van der Waals surface area (Å²) < 4.78 is 10.7. The molecule has 1 N–H and O–H groups in total. The molecule has 0 radical (unpaired) electrons. The smallest absolute Gasteiger partial charge is 0.282 e. The van der Waals surface area contributed by atoms with Gasteiger partial charge in [-0.15, -0.1) is 0 Å². The van der Waals surface area contributed by atoms with Crippen LogP contribution in [0.3, 0.4) is 0 Å². The van der Waals surface area contributed by atoms with Crippen LogP contribution in [0.15, 0.2) is 66.4 Å². The van der Waals surface area contributed by atoms with Crippen LogP contribution >= 0.6 is 0 Å². The highest BCUT2D eigenvalue weighted by molar-refractivity contribution is 6.46. The number of anilines is 2. The molecule has 2 amide bonds. The van der Waals surface area contributed by atoms with E-state index in [0.29, 0.717) is 34.0 Å². The van der Waals surface area contributed by atoms with Gasteiger partial charge in [0.1, 0.15) is 17.2 Å². The second-order valence-corrected chi connectivity index (χ2v) is 8.02. The molecule has 0 aromatic heterocycles. The van der Waals surface area contributed by atoms with E-state index < -0.39 is 11.8 Å². The number of imide groups is 1. The zero-order valence-electron chi connectivity index (χ0n) is 19.4. The minimum atomic E-state index is -0.437. The third-order valence-corrected chi connectivity index (χ3v) is 5.81.